The van der Waals surface area contributed by atoms with E-state index >= 15 is 0 Å². The molecule has 94 valence electrons. The van der Waals surface area contributed by atoms with Crippen molar-refractivity contribution in [3.63, 3.8) is 0 Å². The molecule has 1 fully saturated rings. The fourth-order valence-electron chi connectivity index (χ4n) is 1.99. The zero-order valence-corrected chi connectivity index (χ0v) is 10.9. The Morgan fingerprint density at radius 1 is 1.35 bits per heavy atom. The lowest BCUT2D eigenvalue weighted by Gasteiger charge is -2.31. The number of nitrogens with two attached hydrogens (primary N) is 1. The van der Waals surface area contributed by atoms with E-state index in [1.54, 1.807) is 18.2 Å². The zero-order valence-electron chi connectivity index (χ0n) is 9.34. The van der Waals surface area contributed by atoms with Gasteiger partial charge in [0.1, 0.15) is 0 Å². The topological polar surface area (TPSA) is 63.4 Å². The first-order valence-corrected chi connectivity index (χ1v) is 7.36. The predicted octanol–water partition coefficient (Wildman–Crippen LogP) is 1.80. The van der Waals surface area contributed by atoms with Gasteiger partial charge in [-0.1, -0.05) is 17.7 Å². The maximum Gasteiger partial charge on any atom is 0.244 e. The second-order valence-electron chi connectivity index (χ2n) is 4.14. The summed E-state index contributed by atoms with van der Waals surface area (Å²) in [7, 11) is -3.51. The van der Waals surface area contributed by atoms with Gasteiger partial charge in [-0.25, -0.2) is 8.42 Å². The molecule has 4 nitrogen and oxygen atoms in total. The number of sulfonamides is 1. The van der Waals surface area contributed by atoms with Crippen molar-refractivity contribution >= 4 is 21.6 Å². The molecule has 1 aliphatic heterocycles. The first kappa shape index (κ1) is 12.8. The molecule has 6 heteroatoms. The van der Waals surface area contributed by atoms with Crippen LogP contribution in [0.1, 0.15) is 19.3 Å². The molecule has 0 amide bonds. The third-order valence-electron chi connectivity index (χ3n) is 2.90. The minimum atomic E-state index is -3.51. The van der Waals surface area contributed by atoms with Gasteiger partial charge in [0.15, 0.2) is 0 Å². The van der Waals surface area contributed by atoms with Crippen LogP contribution in [0.3, 0.4) is 0 Å². The summed E-state index contributed by atoms with van der Waals surface area (Å²) in [6, 6.07) is 6.28. The van der Waals surface area contributed by atoms with Crippen LogP contribution in [0.15, 0.2) is 29.2 Å². The van der Waals surface area contributed by atoms with Crippen LogP contribution in [0.25, 0.3) is 0 Å². The molecule has 0 aliphatic carbocycles. The molecular formula is C11H15ClN2O2S. The number of piperidine rings is 1. The lowest BCUT2D eigenvalue weighted by atomic mass is 10.1. The minimum Gasteiger partial charge on any atom is -0.315 e. The van der Waals surface area contributed by atoms with Gasteiger partial charge in [0.05, 0.1) is 11.1 Å². The van der Waals surface area contributed by atoms with Gasteiger partial charge in [0.2, 0.25) is 10.0 Å². The summed E-state index contributed by atoms with van der Waals surface area (Å²) in [4.78, 5) is 0.211. The van der Waals surface area contributed by atoms with E-state index in [0.717, 1.165) is 12.8 Å². The van der Waals surface area contributed by atoms with Crippen molar-refractivity contribution in [2.45, 2.75) is 30.3 Å². The highest BCUT2D eigenvalue weighted by molar-refractivity contribution is 7.89. The second kappa shape index (κ2) is 4.94. The molecule has 1 saturated heterocycles. The van der Waals surface area contributed by atoms with Gasteiger partial charge >= 0.3 is 0 Å². The molecule has 0 saturated carbocycles. The molecule has 1 aromatic rings. The zero-order chi connectivity index (χ0) is 12.5. The van der Waals surface area contributed by atoms with Crippen molar-refractivity contribution in [3.8, 4) is 0 Å². The number of nitrogens with zero attached hydrogens (tertiary/aromatic N) is 1. The Morgan fingerprint density at radius 3 is 2.76 bits per heavy atom. The van der Waals surface area contributed by atoms with Crippen LogP contribution in [-0.4, -0.2) is 25.4 Å². The highest BCUT2D eigenvalue weighted by Crippen LogP contribution is 2.24. The molecule has 1 heterocycles. The first-order valence-electron chi connectivity index (χ1n) is 5.55. The van der Waals surface area contributed by atoms with Crippen molar-refractivity contribution in [2.24, 2.45) is 5.73 Å². The van der Waals surface area contributed by atoms with Gasteiger partial charge in [-0.3, -0.25) is 0 Å². The van der Waals surface area contributed by atoms with Crippen molar-refractivity contribution < 1.29 is 8.42 Å². The Balaban J connectivity index is 2.35. The Morgan fingerprint density at radius 2 is 2.12 bits per heavy atom. The molecule has 0 radical (unpaired) electrons. The molecular weight excluding hydrogens is 260 g/mol. The summed E-state index contributed by atoms with van der Waals surface area (Å²) in [6.07, 6.45) is 2.11. The molecule has 0 aromatic heterocycles. The number of hydrogen-bond donors (Lipinski definition) is 1. The number of halogens is 1. The lowest BCUT2D eigenvalue weighted by Crippen LogP contribution is -2.48. The van der Waals surface area contributed by atoms with Crippen LogP contribution in [0.5, 0.6) is 0 Å². The fourth-order valence-corrected chi connectivity index (χ4v) is 3.88. The molecule has 1 aromatic carbocycles. The van der Waals surface area contributed by atoms with E-state index in [2.05, 4.69) is 0 Å². The number of benzene rings is 1. The van der Waals surface area contributed by atoms with Crippen molar-refractivity contribution in [1.29, 1.82) is 0 Å². The molecule has 2 N–H and O–H groups in total. The third-order valence-corrected chi connectivity index (χ3v) is 5.06. The molecule has 0 spiro atoms. The molecule has 1 unspecified atom stereocenters. The van der Waals surface area contributed by atoms with E-state index in [0.29, 0.717) is 18.0 Å². The number of hydrogen-bond acceptors (Lipinski definition) is 3. The molecule has 2 rings (SSSR count). The van der Waals surface area contributed by atoms with Crippen molar-refractivity contribution in [1.82, 2.24) is 4.31 Å². The number of rotatable bonds is 2. The Labute approximate surface area is 106 Å². The van der Waals surface area contributed by atoms with Crippen LogP contribution >= 0.6 is 11.6 Å². The van der Waals surface area contributed by atoms with Crippen LogP contribution < -0.4 is 5.73 Å². The van der Waals surface area contributed by atoms with Gasteiger partial charge in [-0.15, -0.1) is 0 Å². The van der Waals surface area contributed by atoms with Gasteiger partial charge in [-0.2, -0.15) is 4.31 Å². The molecule has 1 aliphatic rings. The van der Waals surface area contributed by atoms with Gasteiger partial charge in [-0.05, 0) is 37.5 Å². The maximum atomic E-state index is 12.3. The largest absolute Gasteiger partial charge is 0.315 e. The monoisotopic (exact) mass is 274 g/mol. The van der Waals surface area contributed by atoms with Crippen LogP contribution in [0.4, 0.5) is 0 Å². The van der Waals surface area contributed by atoms with E-state index in [9.17, 15) is 8.42 Å². The van der Waals surface area contributed by atoms with E-state index in [1.165, 1.54) is 10.4 Å². The molecule has 0 bridgehead atoms. The van der Waals surface area contributed by atoms with Gasteiger partial charge in [0, 0.05) is 11.6 Å². The quantitative estimate of drug-likeness (QED) is 0.894. The van der Waals surface area contributed by atoms with Crippen LogP contribution in [0.2, 0.25) is 5.02 Å². The predicted molar refractivity (Wildman–Crippen MR) is 67.2 cm³/mol. The van der Waals surface area contributed by atoms with E-state index < -0.39 is 16.2 Å². The SMILES string of the molecule is NC1CCCCN1S(=O)(=O)c1cccc(Cl)c1. The van der Waals surface area contributed by atoms with Crippen molar-refractivity contribution in [2.75, 3.05) is 6.54 Å². The normalized spacial score (nSPS) is 22.6. The highest BCUT2D eigenvalue weighted by Gasteiger charge is 2.31. The van der Waals surface area contributed by atoms with Gasteiger partial charge < -0.3 is 5.73 Å². The summed E-state index contributed by atoms with van der Waals surface area (Å²) in [5.74, 6) is 0. The summed E-state index contributed by atoms with van der Waals surface area (Å²) in [6.45, 7) is 0.482. The summed E-state index contributed by atoms with van der Waals surface area (Å²) < 4.78 is 26.0. The Bertz CT molecular complexity index is 504. The van der Waals surface area contributed by atoms with E-state index in [-0.39, 0.29) is 4.90 Å². The summed E-state index contributed by atoms with van der Waals surface area (Å²) in [5.41, 5.74) is 5.85. The molecule has 17 heavy (non-hydrogen) atoms. The van der Waals surface area contributed by atoms with E-state index in [1.807, 2.05) is 0 Å². The van der Waals surface area contributed by atoms with Crippen LogP contribution in [-0.2, 0) is 10.0 Å². The summed E-state index contributed by atoms with van der Waals surface area (Å²) >= 11 is 5.81. The second-order valence-corrected chi connectivity index (χ2v) is 6.46. The summed E-state index contributed by atoms with van der Waals surface area (Å²) in [5, 5.41) is 0.414. The smallest absolute Gasteiger partial charge is 0.244 e. The van der Waals surface area contributed by atoms with Gasteiger partial charge in [0.25, 0.3) is 0 Å². The lowest BCUT2D eigenvalue weighted by molar-refractivity contribution is 0.258. The average Bonchev–Trinajstić information content (AvgIpc) is 2.29. The maximum absolute atomic E-state index is 12.3. The molecule has 1 atom stereocenters. The Hall–Kier alpha value is -0.620. The van der Waals surface area contributed by atoms with E-state index in [4.69, 9.17) is 17.3 Å². The van der Waals surface area contributed by atoms with Crippen LogP contribution in [0, 0.1) is 0 Å². The minimum absolute atomic E-state index is 0.211. The van der Waals surface area contributed by atoms with Crippen molar-refractivity contribution in [3.05, 3.63) is 29.3 Å². The Kier molecular flexibility index (Phi) is 3.73. The standard InChI is InChI=1S/C11H15ClN2O2S/c12-9-4-3-5-10(8-9)17(15,16)14-7-2-1-6-11(14)13/h3-5,8,11H,1-2,6-7,13H2. The fraction of sp³-hybridized carbons (Fsp3) is 0.455. The third kappa shape index (κ3) is 2.63. The first-order chi connectivity index (χ1) is 8.01. The highest BCUT2D eigenvalue weighted by atomic mass is 35.5. The average molecular weight is 275 g/mol.